The van der Waals surface area contributed by atoms with Gasteiger partial charge in [-0.1, -0.05) is 30.3 Å². The minimum Gasteiger partial charge on any atom is -0.356 e. The standard InChI is InChI=1S/C21H23N3O/c1-15-10-12-24-19-14-17(7-8-18(19)23-20(24)13-15)21(25)22-11-9-16-5-3-2-4-6-16/h2-6,10,12-13,17H,7-9,11,14H2,1H3,(H,22,25). The normalized spacial score (nSPS) is 16.6. The van der Waals surface area contributed by atoms with E-state index < -0.39 is 0 Å². The summed E-state index contributed by atoms with van der Waals surface area (Å²) < 4.78 is 2.14. The van der Waals surface area contributed by atoms with Crippen LogP contribution >= 0.6 is 0 Å². The van der Waals surface area contributed by atoms with Crippen molar-refractivity contribution in [1.29, 1.82) is 0 Å². The van der Waals surface area contributed by atoms with Crippen LogP contribution in [0.2, 0.25) is 0 Å². The van der Waals surface area contributed by atoms with E-state index in [0.29, 0.717) is 6.54 Å². The van der Waals surface area contributed by atoms with E-state index in [1.54, 1.807) is 0 Å². The van der Waals surface area contributed by atoms with Gasteiger partial charge in [0.15, 0.2) is 0 Å². The average molecular weight is 333 g/mol. The minimum absolute atomic E-state index is 0.0458. The average Bonchev–Trinajstić information content (AvgIpc) is 2.99. The van der Waals surface area contributed by atoms with Crippen LogP contribution in [-0.4, -0.2) is 21.8 Å². The largest absolute Gasteiger partial charge is 0.356 e. The summed E-state index contributed by atoms with van der Waals surface area (Å²) in [5.41, 5.74) is 5.81. The highest BCUT2D eigenvalue weighted by Crippen LogP contribution is 2.26. The van der Waals surface area contributed by atoms with Gasteiger partial charge in [0.25, 0.3) is 0 Å². The summed E-state index contributed by atoms with van der Waals surface area (Å²) in [7, 11) is 0. The highest BCUT2D eigenvalue weighted by atomic mass is 16.1. The smallest absolute Gasteiger partial charge is 0.223 e. The number of fused-ring (bicyclic) bond motifs is 3. The molecule has 0 saturated carbocycles. The van der Waals surface area contributed by atoms with Crippen LogP contribution in [0.25, 0.3) is 5.65 Å². The van der Waals surface area contributed by atoms with Crippen LogP contribution in [0.15, 0.2) is 48.7 Å². The molecule has 4 heteroatoms. The number of carbonyl (C=O) groups excluding carboxylic acids is 1. The Bertz CT molecular complexity index is 898. The maximum absolute atomic E-state index is 12.6. The third kappa shape index (κ3) is 3.29. The molecule has 1 aliphatic rings. The second-order valence-corrected chi connectivity index (χ2v) is 6.90. The van der Waals surface area contributed by atoms with Crippen molar-refractivity contribution in [2.45, 2.75) is 32.6 Å². The van der Waals surface area contributed by atoms with Gasteiger partial charge in [-0.15, -0.1) is 0 Å². The molecular weight excluding hydrogens is 310 g/mol. The Morgan fingerprint density at radius 3 is 2.96 bits per heavy atom. The molecule has 1 amide bonds. The first kappa shape index (κ1) is 15.9. The highest BCUT2D eigenvalue weighted by Gasteiger charge is 2.27. The fourth-order valence-electron chi connectivity index (χ4n) is 3.65. The van der Waals surface area contributed by atoms with Gasteiger partial charge in [-0.2, -0.15) is 0 Å². The van der Waals surface area contributed by atoms with E-state index in [2.05, 4.69) is 47.1 Å². The van der Waals surface area contributed by atoms with Crippen molar-refractivity contribution in [1.82, 2.24) is 14.7 Å². The van der Waals surface area contributed by atoms with Gasteiger partial charge in [0, 0.05) is 30.8 Å². The zero-order valence-corrected chi connectivity index (χ0v) is 14.5. The summed E-state index contributed by atoms with van der Waals surface area (Å²) in [6.45, 7) is 2.77. The Morgan fingerprint density at radius 1 is 1.28 bits per heavy atom. The van der Waals surface area contributed by atoms with Crippen molar-refractivity contribution < 1.29 is 4.79 Å². The second-order valence-electron chi connectivity index (χ2n) is 6.90. The second kappa shape index (κ2) is 6.71. The molecule has 0 bridgehead atoms. The zero-order chi connectivity index (χ0) is 17.2. The number of benzene rings is 1. The molecule has 128 valence electrons. The highest BCUT2D eigenvalue weighted by molar-refractivity contribution is 5.79. The first-order valence-corrected chi connectivity index (χ1v) is 8.99. The minimum atomic E-state index is 0.0458. The van der Waals surface area contributed by atoms with Crippen molar-refractivity contribution in [2.75, 3.05) is 6.54 Å². The molecule has 0 radical (unpaired) electrons. The van der Waals surface area contributed by atoms with Gasteiger partial charge >= 0.3 is 0 Å². The quantitative estimate of drug-likeness (QED) is 0.797. The SMILES string of the molecule is Cc1ccn2c3c(nc2c1)CCC(C(=O)NCCc1ccccc1)C3. The van der Waals surface area contributed by atoms with E-state index in [1.807, 2.05) is 18.2 Å². The molecule has 1 unspecified atom stereocenters. The summed E-state index contributed by atoms with van der Waals surface area (Å²) in [5.74, 6) is 0.216. The molecule has 2 aromatic heterocycles. The van der Waals surface area contributed by atoms with Crippen molar-refractivity contribution >= 4 is 11.6 Å². The lowest BCUT2D eigenvalue weighted by Crippen LogP contribution is -2.35. The van der Waals surface area contributed by atoms with Gasteiger partial charge in [-0.3, -0.25) is 4.79 Å². The molecule has 25 heavy (non-hydrogen) atoms. The Balaban J connectivity index is 1.41. The third-order valence-corrected chi connectivity index (χ3v) is 5.06. The van der Waals surface area contributed by atoms with Crippen molar-refractivity contribution in [3.63, 3.8) is 0 Å². The van der Waals surface area contributed by atoms with Crippen LogP contribution < -0.4 is 5.32 Å². The molecule has 1 N–H and O–H groups in total. The van der Waals surface area contributed by atoms with E-state index >= 15 is 0 Å². The first-order valence-electron chi connectivity index (χ1n) is 8.99. The molecule has 0 spiro atoms. The van der Waals surface area contributed by atoms with E-state index in [-0.39, 0.29) is 11.8 Å². The van der Waals surface area contributed by atoms with Crippen LogP contribution in [0.1, 0.15) is 28.9 Å². The summed E-state index contributed by atoms with van der Waals surface area (Å²) in [5, 5.41) is 3.11. The molecule has 2 heterocycles. The van der Waals surface area contributed by atoms with Gasteiger partial charge in [-0.05, 0) is 49.4 Å². The van der Waals surface area contributed by atoms with Crippen LogP contribution in [0.4, 0.5) is 0 Å². The van der Waals surface area contributed by atoms with Gasteiger partial charge < -0.3 is 9.72 Å². The van der Waals surface area contributed by atoms with Gasteiger partial charge in [-0.25, -0.2) is 4.98 Å². The van der Waals surface area contributed by atoms with Crippen molar-refractivity contribution in [2.24, 2.45) is 5.92 Å². The maximum Gasteiger partial charge on any atom is 0.223 e. The molecule has 4 nitrogen and oxygen atoms in total. The van der Waals surface area contributed by atoms with E-state index in [4.69, 9.17) is 4.98 Å². The maximum atomic E-state index is 12.6. The number of carbonyl (C=O) groups is 1. The molecular formula is C21H23N3O. The van der Waals surface area contributed by atoms with E-state index in [1.165, 1.54) is 16.8 Å². The number of aryl methyl sites for hydroxylation is 2. The summed E-state index contributed by atoms with van der Waals surface area (Å²) in [6.07, 6.45) is 5.49. The van der Waals surface area contributed by atoms with Crippen molar-refractivity contribution in [3.05, 3.63) is 71.2 Å². The monoisotopic (exact) mass is 333 g/mol. The van der Waals surface area contributed by atoms with Crippen LogP contribution in [0.3, 0.4) is 0 Å². The molecule has 0 saturated heterocycles. The molecule has 4 rings (SSSR count). The number of nitrogens with one attached hydrogen (secondary N) is 1. The number of rotatable bonds is 4. The number of nitrogens with zero attached hydrogens (tertiary/aromatic N) is 2. The molecule has 0 aliphatic heterocycles. The fraction of sp³-hybridized carbons (Fsp3) is 0.333. The van der Waals surface area contributed by atoms with Crippen molar-refractivity contribution in [3.8, 4) is 0 Å². The van der Waals surface area contributed by atoms with E-state index in [9.17, 15) is 4.79 Å². The summed E-state index contributed by atoms with van der Waals surface area (Å²) in [6, 6.07) is 14.5. The predicted octanol–water partition coefficient (Wildman–Crippen LogP) is 3.11. The molecule has 0 fully saturated rings. The number of pyridine rings is 1. The Morgan fingerprint density at radius 2 is 2.12 bits per heavy atom. The number of amides is 1. The number of aromatic nitrogens is 2. The Hall–Kier alpha value is -2.62. The van der Waals surface area contributed by atoms with E-state index in [0.717, 1.165) is 37.0 Å². The number of imidazole rings is 1. The first-order chi connectivity index (χ1) is 12.2. The lowest BCUT2D eigenvalue weighted by atomic mass is 9.89. The zero-order valence-electron chi connectivity index (χ0n) is 14.5. The number of hydrogen-bond acceptors (Lipinski definition) is 2. The number of hydrogen-bond donors (Lipinski definition) is 1. The predicted molar refractivity (Wildman–Crippen MR) is 98.6 cm³/mol. The lowest BCUT2D eigenvalue weighted by Gasteiger charge is -2.21. The van der Waals surface area contributed by atoms with Gasteiger partial charge in [0.05, 0.1) is 5.69 Å². The van der Waals surface area contributed by atoms with Gasteiger partial charge in [0.2, 0.25) is 5.91 Å². The van der Waals surface area contributed by atoms with Crippen LogP contribution in [-0.2, 0) is 24.1 Å². The molecule has 1 aromatic carbocycles. The fourth-order valence-corrected chi connectivity index (χ4v) is 3.65. The van der Waals surface area contributed by atoms with Crippen LogP contribution in [0, 0.1) is 12.8 Å². The molecule has 1 atom stereocenters. The third-order valence-electron chi connectivity index (χ3n) is 5.06. The Labute approximate surface area is 147 Å². The molecule has 1 aliphatic carbocycles. The summed E-state index contributed by atoms with van der Waals surface area (Å²) in [4.78, 5) is 17.3. The molecule has 3 aromatic rings. The van der Waals surface area contributed by atoms with Gasteiger partial charge in [0.1, 0.15) is 5.65 Å². The topological polar surface area (TPSA) is 46.4 Å². The Kier molecular flexibility index (Phi) is 4.26. The summed E-state index contributed by atoms with van der Waals surface area (Å²) >= 11 is 0. The lowest BCUT2D eigenvalue weighted by molar-refractivity contribution is -0.125. The van der Waals surface area contributed by atoms with Crippen LogP contribution in [0.5, 0.6) is 0 Å².